The van der Waals surface area contributed by atoms with Crippen LogP contribution in [0.15, 0.2) is 6.20 Å². The zero-order chi connectivity index (χ0) is 18.3. The van der Waals surface area contributed by atoms with Gasteiger partial charge in [0, 0.05) is 19.5 Å². The van der Waals surface area contributed by atoms with E-state index in [1.165, 1.54) is 6.42 Å². The van der Waals surface area contributed by atoms with E-state index in [2.05, 4.69) is 43.3 Å². The molecule has 0 aromatic carbocycles. The molecular formula is C19H39N3S. The van der Waals surface area contributed by atoms with Crippen LogP contribution in [0.25, 0.3) is 0 Å². The molecule has 0 fully saturated rings. The quantitative estimate of drug-likeness (QED) is 0.626. The Kier molecular flexibility index (Phi) is 17.1. The van der Waals surface area contributed by atoms with Crippen molar-refractivity contribution in [3.8, 4) is 0 Å². The first-order valence-electron chi connectivity index (χ1n) is 9.30. The summed E-state index contributed by atoms with van der Waals surface area (Å²) in [4.78, 5) is 11.6. The minimum atomic E-state index is 0.683. The second-order valence-electron chi connectivity index (χ2n) is 5.19. The van der Waals surface area contributed by atoms with Gasteiger partial charge in [-0.25, -0.2) is 4.98 Å². The van der Waals surface area contributed by atoms with Crippen LogP contribution >= 0.6 is 12.6 Å². The van der Waals surface area contributed by atoms with E-state index in [9.17, 15) is 0 Å². The largest absolute Gasteiger partial charge is 0.355 e. The van der Waals surface area contributed by atoms with Gasteiger partial charge in [-0.05, 0) is 25.0 Å². The first-order chi connectivity index (χ1) is 11.1. The number of rotatable bonds is 8. The SMILES string of the molecule is CC.CC.CCCN(CC(C)CC)c1cnc(C)c(CCS)n1. The molecule has 0 N–H and O–H groups in total. The van der Waals surface area contributed by atoms with E-state index in [0.29, 0.717) is 5.92 Å². The number of hydrogen-bond acceptors (Lipinski definition) is 4. The molecule has 0 aliphatic carbocycles. The molecule has 136 valence electrons. The summed E-state index contributed by atoms with van der Waals surface area (Å²) in [6.07, 6.45) is 5.13. The smallest absolute Gasteiger partial charge is 0.147 e. The monoisotopic (exact) mass is 341 g/mol. The lowest BCUT2D eigenvalue weighted by molar-refractivity contribution is 0.537. The van der Waals surface area contributed by atoms with Gasteiger partial charge in [0.2, 0.25) is 0 Å². The van der Waals surface area contributed by atoms with Gasteiger partial charge in [0.25, 0.3) is 0 Å². The van der Waals surface area contributed by atoms with Crippen molar-refractivity contribution >= 4 is 18.4 Å². The molecule has 1 heterocycles. The summed E-state index contributed by atoms with van der Waals surface area (Å²) >= 11 is 4.30. The van der Waals surface area contributed by atoms with Gasteiger partial charge in [-0.2, -0.15) is 12.6 Å². The van der Waals surface area contributed by atoms with Crippen LogP contribution in [-0.4, -0.2) is 28.8 Å². The molecule has 0 aliphatic rings. The number of thiol groups is 1. The van der Waals surface area contributed by atoms with Crippen LogP contribution in [-0.2, 0) is 6.42 Å². The molecule has 1 rings (SSSR count). The molecule has 0 saturated carbocycles. The second kappa shape index (κ2) is 16.1. The lowest BCUT2D eigenvalue weighted by Gasteiger charge is -2.26. The summed E-state index contributed by atoms with van der Waals surface area (Å²) in [5.41, 5.74) is 2.11. The molecule has 3 nitrogen and oxygen atoms in total. The maximum Gasteiger partial charge on any atom is 0.147 e. The van der Waals surface area contributed by atoms with Crippen molar-refractivity contribution in [1.82, 2.24) is 9.97 Å². The fourth-order valence-corrected chi connectivity index (χ4v) is 2.26. The topological polar surface area (TPSA) is 29.0 Å². The predicted octanol–water partition coefficient (Wildman–Crippen LogP) is 5.57. The molecule has 1 atom stereocenters. The lowest BCUT2D eigenvalue weighted by atomic mass is 10.1. The molecule has 0 radical (unpaired) electrons. The van der Waals surface area contributed by atoms with Crippen LogP contribution in [0.1, 0.15) is 72.7 Å². The summed E-state index contributed by atoms with van der Waals surface area (Å²) in [6.45, 7) is 18.9. The second-order valence-corrected chi connectivity index (χ2v) is 5.64. The van der Waals surface area contributed by atoms with Gasteiger partial charge in [0.1, 0.15) is 5.82 Å². The highest BCUT2D eigenvalue weighted by Crippen LogP contribution is 2.16. The molecule has 0 amide bonds. The summed E-state index contributed by atoms with van der Waals surface area (Å²) in [5, 5.41) is 0. The molecule has 1 aromatic rings. The Morgan fingerprint density at radius 3 is 2.26 bits per heavy atom. The first kappa shape index (κ1) is 24.5. The van der Waals surface area contributed by atoms with Crippen molar-refractivity contribution < 1.29 is 0 Å². The Hall–Kier alpha value is -0.770. The third kappa shape index (κ3) is 9.85. The highest BCUT2D eigenvalue weighted by Gasteiger charge is 2.12. The molecule has 0 spiro atoms. The van der Waals surface area contributed by atoms with Crippen molar-refractivity contribution in [3.05, 3.63) is 17.6 Å². The zero-order valence-electron chi connectivity index (χ0n) is 16.7. The van der Waals surface area contributed by atoms with Crippen molar-refractivity contribution in [1.29, 1.82) is 0 Å². The normalized spacial score (nSPS) is 10.8. The van der Waals surface area contributed by atoms with Gasteiger partial charge in [0.15, 0.2) is 0 Å². The van der Waals surface area contributed by atoms with Crippen LogP contribution in [0.5, 0.6) is 0 Å². The van der Waals surface area contributed by atoms with E-state index >= 15 is 0 Å². The lowest BCUT2D eigenvalue weighted by Crippen LogP contribution is -2.30. The standard InChI is InChI=1S/C15H27N3S.2C2H6/c1-5-8-18(11-12(3)6-2)15-10-16-13(4)14(17-15)7-9-19;2*1-2/h10,12,19H,5-9,11H2,1-4H3;2*1-2H3. The number of nitrogens with zero attached hydrogens (tertiary/aromatic N) is 3. The minimum absolute atomic E-state index is 0.683. The molecule has 0 aliphatic heterocycles. The van der Waals surface area contributed by atoms with Crippen LogP contribution in [0.4, 0.5) is 5.82 Å². The van der Waals surface area contributed by atoms with E-state index in [0.717, 1.165) is 48.9 Å². The maximum absolute atomic E-state index is 4.78. The van der Waals surface area contributed by atoms with Crippen LogP contribution in [0.3, 0.4) is 0 Å². The molecule has 0 bridgehead atoms. The van der Waals surface area contributed by atoms with Crippen molar-refractivity contribution in [2.45, 2.75) is 74.7 Å². The molecule has 23 heavy (non-hydrogen) atoms. The van der Waals surface area contributed by atoms with Gasteiger partial charge in [-0.1, -0.05) is 54.9 Å². The minimum Gasteiger partial charge on any atom is -0.355 e. The highest BCUT2D eigenvalue weighted by atomic mass is 32.1. The Morgan fingerprint density at radius 2 is 1.78 bits per heavy atom. The molecule has 1 aromatic heterocycles. The van der Waals surface area contributed by atoms with E-state index in [4.69, 9.17) is 4.98 Å². The number of aromatic nitrogens is 2. The molecule has 1 unspecified atom stereocenters. The highest BCUT2D eigenvalue weighted by molar-refractivity contribution is 7.80. The number of hydrogen-bond donors (Lipinski definition) is 1. The average molecular weight is 342 g/mol. The first-order valence-corrected chi connectivity index (χ1v) is 9.93. The molecule has 0 saturated heterocycles. The van der Waals surface area contributed by atoms with E-state index in [-0.39, 0.29) is 0 Å². The predicted molar refractivity (Wildman–Crippen MR) is 109 cm³/mol. The molecule has 4 heteroatoms. The zero-order valence-corrected chi connectivity index (χ0v) is 17.6. The summed E-state index contributed by atoms with van der Waals surface area (Å²) in [5.74, 6) is 2.52. The number of anilines is 1. The van der Waals surface area contributed by atoms with E-state index in [1.54, 1.807) is 0 Å². The maximum atomic E-state index is 4.78. The van der Waals surface area contributed by atoms with Crippen LogP contribution in [0.2, 0.25) is 0 Å². The van der Waals surface area contributed by atoms with Gasteiger partial charge in [-0.15, -0.1) is 0 Å². The fourth-order valence-electron chi connectivity index (χ4n) is 2.05. The van der Waals surface area contributed by atoms with E-state index < -0.39 is 0 Å². The third-order valence-corrected chi connectivity index (χ3v) is 3.66. The van der Waals surface area contributed by atoms with Gasteiger partial charge in [0.05, 0.1) is 17.6 Å². The van der Waals surface area contributed by atoms with Crippen LogP contribution < -0.4 is 4.90 Å². The van der Waals surface area contributed by atoms with Crippen LogP contribution in [0, 0.1) is 12.8 Å². The third-order valence-electron chi connectivity index (χ3n) is 3.44. The van der Waals surface area contributed by atoms with Crippen molar-refractivity contribution in [2.24, 2.45) is 5.92 Å². The number of aryl methyl sites for hydroxylation is 2. The van der Waals surface area contributed by atoms with E-state index in [1.807, 2.05) is 40.8 Å². The van der Waals surface area contributed by atoms with Gasteiger partial charge >= 0.3 is 0 Å². The van der Waals surface area contributed by atoms with Crippen molar-refractivity contribution in [3.63, 3.8) is 0 Å². The average Bonchev–Trinajstić information content (AvgIpc) is 2.60. The Bertz CT molecular complexity index is 383. The summed E-state index contributed by atoms with van der Waals surface area (Å²) in [7, 11) is 0. The fraction of sp³-hybridized carbons (Fsp3) is 0.789. The summed E-state index contributed by atoms with van der Waals surface area (Å²) in [6, 6.07) is 0. The Morgan fingerprint density at radius 1 is 1.17 bits per heavy atom. The van der Waals surface area contributed by atoms with Gasteiger partial charge < -0.3 is 4.90 Å². The Labute approximate surface area is 150 Å². The summed E-state index contributed by atoms with van der Waals surface area (Å²) < 4.78 is 0. The van der Waals surface area contributed by atoms with Gasteiger partial charge in [-0.3, -0.25) is 4.98 Å². The van der Waals surface area contributed by atoms with Crippen molar-refractivity contribution in [2.75, 3.05) is 23.7 Å². The molecular weight excluding hydrogens is 302 g/mol. The Balaban J connectivity index is 0.